The van der Waals surface area contributed by atoms with E-state index < -0.39 is 41.4 Å². The second kappa shape index (κ2) is 4.71. The van der Waals surface area contributed by atoms with Crippen molar-refractivity contribution in [2.45, 2.75) is 16.7 Å². The van der Waals surface area contributed by atoms with Gasteiger partial charge < -0.3 is 5.73 Å². The molecule has 19 heavy (non-hydrogen) atoms. The number of sulfonamides is 1. The Morgan fingerprint density at radius 3 is 2.05 bits per heavy atom. The van der Waals surface area contributed by atoms with E-state index in [4.69, 9.17) is 10.3 Å². The van der Waals surface area contributed by atoms with Crippen LogP contribution in [-0.2, 0) is 20.1 Å². The van der Waals surface area contributed by atoms with Gasteiger partial charge in [0.25, 0.3) is 10.1 Å². The van der Waals surface area contributed by atoms with Crippen molar-refractivity contribution in [1.82, 2.24) is 4.31 Å². The molecule has 3 N–H and O–H groups in total. The SMILES string of the molecule is Cc1c(S(=O)(=O)O)cc(S(=O)(=O)N(C)C)c(F)c1N. The predicted molar refractivity (Wildman–Crippen MR) is 66.2 cm³/mol. The molecule has 0 heterocycles. The number of hydrogen-bond acceptors (Lipinski definition) is 5. The minimum absolute atomic E-state index is 0.252. The van der Waals surface area contributed by atoms with Gasteiger partial charge in [0.1, 0.15) is 9.79 Å². The van der Waals surface area contributed by atoms with Crippen molar-refractivity contribution >= 4 is 25.8 Å². The zero-order valence-electron chi connectivity index (χ0n) is 10.4. The maximum atomic E-state index is 13.9. The fraction of sp³-hybridized carbons (Fsp3) is 0.333. The van der Waals surface area contributed by atoms with Gasteiger partial charge in [0.05, 0.1) is 5.69 Å². The Hall–Kier alpha value is -1.23. The molecule has 0 atom stereocenters. The summed E-state index contributed by atoms with van der Waals surface area (Å²) in [5.74, 6) is -1.25. The third-order valence-corrected chi connectivity index (χ3v) is 5.32. The summed E-state index contributed by atoms with van der Waals surface area (Å²) < 4.78 is 69.6. The molecule has 7 nitrogen and oxygen atoms in total. The molecule has 0 aliphatic rings. The van der Waals surface area contributed by atoms with Crippen LogP contribution in [0.1, 0.15) is 5.56 Å². The number of rotatable bonds is 3. The van der Waals surface area contributed by atoms with E-state index in [0.29, 0.717) is 10.4 Å². The van der Waals surface area contributed by atoms with Gasteiger partial charge in [-0.2, -0.15) is 8.42 Å². The van der Waals surface area contributed by atoms with Crippen LogP contribution in [0.5, 0.6) is 0 Å². The predicted octanol–water partition coefficient (Wildman–Crippen LogP) is 0.213. The van der Waals surface area contributed by atoms with Crippen molar-refractivity contribution < 1.29 is 25.8 Å². The summed E-state index contributed by atoms with van der Waals surface area (Å²) in [6.07, 6.45) is 0. The summed E-state index contributed by atoms with van der Waals surface area (Å²) >= 11 is 0. The number of halogens is 1. The zero-order chi connectivity index (χ0) is 15.2. The number of nitrogens with two attached hydrogens (primary N) is 1. The first-order valence-electron chi connectivity index (χ1n) is 4.89. The molecular weight excluding hydrogens is 299 g/mol. The molecule has 0 aliphatic carbocycles. The van der Waals surface area contributed by atoms with Gasteiger partial charge in [-0.3, -0.25) is 4.55 Å². The molecular formula is C9H13FN2O5S2. The van der Waals surface area contributed by atoms with Crippen molar-refractivity contribution in [3.8, 4) is 0 Å². The van der Waals surface area contributed by atoms with Gasteiger partial charge in [0.2, 0.25) is 10.0 Å². The first-order chi connectivity index (χ1) is 8.40. The minimum Gasteiger partial charge on any atom is -0.396 e. The molecule has 0 saturated carbocycles. The van der Waals surface area contributed by atoms with Gasteiger partial charge in [0.15, 0.2) is 5.82 Å². The molecule has 0 saturated heterocycles. The molecule has 0 aliphatic heterocycles. The van der Waals surface area contributed by atoms with Crippen molar-refractivity contribution in [3.63, 3.8) is 0 Å². The summed E-state index contributed by atoms with van der Waals surface area (Å²) in [6, 6.07) is 0.547. The second-order valence-corrected chi connectivity index (χ2v) is 7.50. The van der Waals surface area contributed by atoms with Crippen LogP contribution in [-0.4, -0.2) is 39.8 Å². The molecule has 1 aromatic rings. The van der Waals surface area contributed by atoms with Crippen LogP contribution in [0, 0.1) is 12.7 Å². The fourth-order valence-electron chi connectivity index (χ4n) is 1.37. The highest BCUT2D eigenvalue weighted by Gasteiger charge is 2.28. The van der Waals surface area contributed by atoms with E-state index in [-0.39, 0.29) is 5.56 Å². The van der Waals surface area contributed by atoms with E-state index in [1.165, 1.54) is 0 Å². The Bertz CT molecular complexity index is 725. The number of nitrogens with zero attached hydrogens (tertiary/aromatic N) is 1. The van der Waals surface area contributed by atoms with Crippen LogP contribution < -0.4 is 5.73 Å². The highest BCUT2D eigenvalue weighted by atomic mass is 32.2. The molecule has 0 spiro atoms. The molecule has 0 radical (unpaired) electrons. The van der Waals surface area contributed by atoms with Gasteiger partial charge in [-0.15, -0.1) is 0 Å². The number of benzene rings is 1. The van der Waals surface area contributed by atoms with Crippen molar-refractivity contribution in [3.05, 3.63) is 17.4 Å². The highest BCUT2D eigenvalue weighted by Crippen LogP contribution is 2.30. The molecule has 0 fully saturated rings. The first kappa shape index (κ1) is 15.8. The maximum Gasteiger partial charge on any atom is 0.294 e. The number of nitrogen functional groups attached to an aromatic ring is 1. The molecule has 0 bridgehead atoms. The Balaban J connectivity index is 3.86. The van der Waals surface area contributed by atoms with E-state index >= 15 is 0 Å². The quantitative estimate of drug-likeness (QED) is 0.608. The first-order valence-corrected chi connectivity index (χ1v) is 7.77. The van der Waals surface area contributed by atoms with E-state index in [0.717, 1.165) is 21.0 Å². The van der Waals surface area contributed by atoms with E-state index in [2.05, 4.69) is 0 Å². The van der Waals surface area contributed by atoms with Crippen molar-refractivity contribution in [1.29, 1.82) is 0 Å². The normalized spacial score (nSPS) is 12.9. The number of anilines is 1. The lowest BCUT2D eigenvalue weighted by Gasteiger charge is -2.15. The molecule has 108 valence electrons. The third kappa shape index (κ3) is 2.71. The standard InChI is InChI=1S/C9H13FN2O5S2/c1-5-6(19(15,16)17)4-7(8(10)9(5)11)18(13,14)12(2)3/h4H,11H2,1-3H3,(H,15,16,17). The van der Waals surface area contributed by atoms with Crippen LogP contribution >= 0.6 is 0 Å². The van der Waals surface area contributed by atoms with Crippen LogP contribution in [0.2, 0.25) is 0 Å². The average Bonchev–Trinajstić information content (AvgIpc) is 2.23. The summed E-state index contributed by atoms with van der Waals surface area (Å²) in [5, 5.41) is 0. The lowest BCUT2D eigenvalue weighted by atomic mass is 10.2. The Labute approximate surface area is 110 Å². The third-order valence-electron chi connectivity index (χ3n) is 2.53. The van der Waals surface area contributed by atoms with Gasteiger partial charge in [-0.05, 0) is 18.6 Å². The summed E-state index contributed by atoms with van der Waals surface area (Å²) in [5.41, 5.74) is 4.45. The maximum absolute atomic E-state index is 13.9. The van der Waals surface area contributed by atoms with Gasteiger partial charge >= 0.3 is 0 Å². The topological polar surface area (TPSA) is 118 Å². The monoisotopic (exact) mass is 312 g/mol. The molecule has 1 aromatic carbocycles. The summed E-state index contributed by atoms with van der Waals surface area (Å²) in [7, 11) is -6.64. The van der Waals surface area contributed by atoms with E-state index in [1.54, 1.807) is 0 Å². The van der Waals surface area contributed by atoms with Gasteiger partial charge in [-0.25, -0.2) is 17.1 Å². The lowest BCUT2D eigenvalue weighted by molar-refractivity contribution is 0.481. The second-order valence-electron chi connectivity index (χ2n) is 3.99. The minimum atomic E-state index is -4.71. The van der Waals surface area contributed by atoms with Crippen molar-refractivity contribution in [2.24, 2.45) is 0 Å². The Kier molecular flexibility index (Phi) is 3.92. The smallest absolute Gasteiger partial charge is 0.294 e. The van der Waals surface area contributed by atoms with Crippen LogP contribution in [0.15, 0.2) is 15.9 Å². The summed E-state index contributed by atoms with van der Waals surface area (Å²) in [4.78, 5) is -1.65. The van der Waals surface area contributed by atoms with E-state index in [1.807, 2.05) is 0 Å². The highest BCUT2D eigenvalue weighted by molar-refractivity contribution is 7.89. The summed E-state index contributed by atoms with van der Waals surface area (Å²) in [6.45, 7) is 1.16. The van der Waals surface area contributed by atoms with Gasteiger partial charge in [0, 0.05) is 14.1 Å². The van der Waals surface area contributed by atoms with Crippen LogP contribution in [0.4, 0.5) is 10.1 Å². The Morgan fingerprint density at radius 1 is 1.21 bits per heavy atom. The molecule has 0 aromatic heterocycles. The average molecular weight is 312 g/mol. The fourth-order valence-corrected chi connectivity index (χ4v) is 3.21. The molecule has 10 heteroatoms. The van der Waals surface area contributed by atoms with Gasteiger partial charge in [-0.1, -0.05) is 0 Å². The van der Waals surface area contributed by atoms with Crippen LogP contribution in [0.25, 0.3) is 0 Å². The van der Waals surface area contributed by atoms with Crippen LogP contribution in [0.3, 0.4) is 0 Å². The molecule has 0 unspecified atom stereocenters. The largest absolute Gasteiger partial charge is 0.396 e. The van der Waals surface area contributed by atoms with Crippen molar-refractivity contribution in [2.75, 3.05) is 19.8 Å². The molecule has 1 rings (SSSR count). The zero-order valence-corrected chi connectivity index (χ0v) is 12.0. The van der Waals surface area contributed by atoms with E-state index in [9.17, 15) is 21.2 Å². The number of hydrogen-bond donors (Lipinski definition) is 2. The molecule has 0 amide bonds. The Morgan fingerprint density at radius 2 is 1.68 bits per heavy atom. The lowest BCUT2D eigenvalue weighted by Crippen LogP contribution is -2.24.